The zero-order chi connectivity index (χ0) is 12.0. The third-order valence-corrected chi connectivity index (χ3v) is 1.70. The molecule has 16 heavy (non-hydrogen) atoms. The highest BCUT2D eigenvalue weighted by Gasteiger charge is 2.07. The smallest absolute Gasteiger partial charge is 0.328 e. The maximum Gasteiger partial charge on any atom is 0.328 e. The zero-order valence-corrected chi connectivity index (χ0v) is 8.31. The third kappa shape index (κ3) is 3.14. The van der Waals surface area contributed by atoms with Crippen LogP contribution in [0, 0.1) is 18.2 Å². The van der Waals surface area contributed by atoms with Gasteiger partial charge in [-0.1, -0.05) is 18.1 Å². The van der Waals surface area contributed by atoms with Crippen molar-refractivity contribution in [3.63, 3.8) is 0 Å². The fraction of sp³-hybridized carbons (Fsp3) is 0.0833. The molecule has 82 valence electrons. The van der Waals surface area contributed by atoms with Crippen LogP contribution in [-0.4, -0.2) is 17.7 Å². The largest absolute Gasteiger partial charge is 0.478 e. The molecule has 0 saturated heterocycles. The Hall–Kier alpha value is -2.28. The molecule has 3 nitrogen and oxygen atoms in total. The first-order valence-corrected chi connectivity index (χ1v) is 4.41. The Morgan fingerprint density at radius 2 is 2.38 bits per heavy atom. The summed E-state index contributed by atoms with van der Waals surface area (Å²) >= 11 is 0. The lowest BCUT2D eigenvalue weighted by Gasteiger charge is -2.07. The van der Waals surface area contributed by atoms with Crippen molar-refractivity contribution in [2.24, 2.45) is 0 Å². The summed E-state index contributed by atoms with van der Waals surface area (Å²) in [6.45, 7) is -0.0746. The minimum absolute atomic E-state index is 0.0436. The Labute approximate surface area is 92.2 Å². The number of halogens is 1. The molecule has 0 saturated carbocycles. The van der Waals surface area contributed by atoms with E-state index in [9.17, 15) is 9.18 Å². The van der Waals surface area contributed by atoms with Crippen molar-refractivity contribution in [1.29, 1.82) is 0 Å². The summed E-state index contributed by atoms with van der Waals surface area (Å²) in [5.41, 5.74) is 0.331. The van der Waals surface area contributed by atoms with Crippen molar-refractivity contribution in [1.82, 2.24) is 0 Å². The van der Waals surface area contributed by atoms with Crippen LogP contribution in [0.2, 0.25) is 0 Å². The van der Waals surface area contributed by atoms with E-state index in [-0.39, 0.29) is 12.4 Å². The van der Waals surface area contributed by atoms with Gasteiger partial charge >= 0.3 is 5.97 Å². The van der Waals surface area contributed by atoms with E-state index < -0.39 is 11.8 Å². The standard InChI is InChI=1S/C12H9FO3/c1-2-8-16-12-9(6-7-11(14)15)4-3-5-10(12)13/h1,3-7H,8H2,(H,14,15)/b7-6+. The summed E-state index contributed by atoms with van der Waals surface area (Å²) in [7, 11) is 0. The molecule has 0 atom stereocenters. The molecule has 1 N–H and O–H groups in total. The van der Waals surface area contributed by atoms with Crippen LogP contribution in [0.4, 0.5) is 4.39 Å². The lowest BCUT2D eigenvalue weighted by molar-refractivity contribution is -0.131. The molecule has 0 bridgehead atoms. The highest BCUT2D eigenvalue weighted by Crippen LogP contribution is 2.23. The summed E-state index contributed by atoms with van der Waals surface area (Å²) in [5, 5.41) is 8.46. The summed E-state index contributed by atoms with van der Waals surface area (Å²) < 4.78 is 18.3. The van der Waals surface area contributed by atoms with E-state index in [0.717, 1.165) is 6.08 Å². The van der Waals surface area contributed by atoms with Gasteiger partial charge in [0.1, 0.15) is 6.61 Å². The molecule has 0 fully saturated rings. The number of carbonyl (C=O) groups is 1. The van der Waals surface area contributed by atoms with Crippen LogP contribution < -0.4 is 4.74 Å². The topological polar surface area (TPSA) is 46.5 Å². The first-order valence-electron chi connectivity index (χ1n) is 4.41. The zero-order valence-electron chi connectivity index (χ0n) is 8.31. The van der Waals surface area contributed by atoms with Crippen molar-refractivity contribution in [2.75, 3.05) is 6.61 Å². The van der Waals surface area contributed by atoms with E-state index in [0.29, 0.717) is 5.56 Å². The molecule has 0 aliphatic heterocycles. The Balaban J connectivity index is 3.03. The second-order valence-electron chi connectivity index (χ2n) is 2.82. The summed E-state index contributed by atoms with van der Waals surface area (Å²) in [6.07, 6.45) is 7.14. The average molecular weight is 220 g/mol. The van der Waals surface area contributed by atoms with Gasteiger partial charge in [-0.3, -0.25) is 0 Å². The molecule has 0 radical (unpaired) electrons. The molecular weight excluding hydrogens is 211 g/mol. The molecule has 0 unspecified atom stereocenters. The number of benzene rings is 1. The molecule has 0 aliphatic rings. The number of ether oxygens (including phenoxy) is 1. The van der Waals surface area contributed by atoms with Crippen molar-refractivity contribution in [3.05, 3.63) is 35.7 Å². The Bertz CT molecular complexity index is 458. The van der Waals surface area contributed by atoms with Gasteiger partial charge in [-0.2, -0.15) is 0 Å². The van der Waals surface area contributed by atoms with Crippen LogP contribution in [0.1, 0.15) is 5.56 Å². The van der Waals surface area contributed by atoms with E-state index in [4.69, 9.17) is 16.3 Å². The molecule has 0 aliphatic carbocycles. The molecule has 0 spiro atoms. The number of carboxylic acid groups (broad SMARTS) is 1. The number of hydrogen-bond acceptors (Lipinski definition) is 2. The van der Waals surface area contributed by atoms with Gasteiger partial charge in [0.25, 0.3) is 0 Å². The second kappa shape index (κ2) is 5.56. The number of hydrogen-bond donors (Lipinski definition) is 1. The number of rotatable bonds is 4. The minimum atomic E-state index is -1.12. The van der Waals surface area contributed by atoms with Crippen molar-refractivity contribution < 1.29 is 19.0 Å². The number of para-hydroxylation sites is 1. The van der Waals surface area contributed by atoms with Gasteiger partial charge in [0, 0.05) is 11.6 Å². The molecule has 4 heteroatoms. The fourth-order valence-corrected chi connectivity index (χ4v) is 1.08. The maximum absolute atomic E-state index is 13.3. The number of carboxylic acids is 1. The van der Waals surface area contributed by atoms with Crippen molar-refractivity contribution >= 4 is 12.0 Å². The first-order chi connectivity index (χ1) is 7.65. The Kier molecular flexibility index (Phi) is 4.10. The van der Waals surface area contributed by atoms with Gasteiger partial charge in [-0.15, -0.1) is 6.42 Å². The third-order valence-electron chi connectivity index (χ3n) is 1.70. The number of aliphatic carboxylic acids is 1. The fourth-order valence-electron chi connectivity index (χ4n) is 1.08. The first kappa shape index (κ1) is 11.8. The van der Waals surface area contributed by atoms with Gasteiger partial charge in [-0.05, 0) is 12.1 Å². The molecular formula is C12H9FO3. The predicted molar refractivity (Wildman–Crippen MR) is 57.4 cm³/mol. The maximum atomic E-state index is 13.3. The van der Waals surface area contributed by atoms with E-state index in [2.05, 4.69) is 5.92 Å². The van der Waals surface area contributed by atoms with Crippen LogP contribution in [-0.2, 0) is 4.79 Å². The molecule has 1 aromatic carbocycles. The molecule has 1 aromatic rings. The van der Waals surface area contributed by atoms with Gasteiger partial charge in [0.2, 0.25) is 0 Å². The van der Waals surface area contributed by atoms with Crippen LogP contribution in [0.5, 0.6) is 5.75 Å². The van der Waals surface area contributed by atoms with Crippen LogP contribution in [0.3, 0.4) is 0 Å². The van der Waals surface area contributed by atoms with Gasteiger partial charge in [0.15, 0.2) is 11.6 Å². The Morgan fingerprint density at radius 1 is 1.62 bits per heavy atom. The summed E-state index contributed by atoms with van der Waals surface area (Å²) in [4.78, 5) is 10.3. The van der Waals surface area contributed by atoms with E-state index in [1.165, 1.54) is 24.3 Å². The van der Waals surface area contributed by atoms with E-state index in [1.54, 1.807) is 0 Å². The summed E-state index contributed by atoms with van der Waals surface area (Å²) in [6, 6.07) is 4.21. The van der Waals surface area contributed by atoms with Crippen molar-refractivity contribution in [3.8, 4) is 18.1 Å². The van der Waals surface area contributed by atoms with Gasteiger partial charge in [0.05, 0.1) is 0 Å². The lowest BCUT2D eigenvalue weighted by atomic mass is 10.2. The predicted octanol–water partition coefficient (Wildman–Crippen LogP) is 1.94. The van der Waals surface area contributed by atoms with E-state index in [1.807, 2.05) is 0 Å². The molecule has 0 amide bonds. The number of terminal acetylenes is 1. The van der Waals surface area contributed by atoms with Crippen LogP contribution >= 0.6 is 0 Å². The molecule has 0 heterocycles. The minimum Gasteiger partial charge on any atom is -0.478 e. The molecule has 0 aromatic heterocycles. The highest BCUT2D eigenvalue weighted by atomic mass is 19.1. The monoisotopic (exact) mass is 220 g/mol. The quantitative estimate of drug-likeness (QED) is 0.623. The SMILES string of the molecule is C#CCOc1c(F)cccc1/C=C/C(=O)O. The Morgan fingerprint density at radius 3 is 3.00 bits per heavy atom. The van der Waals surface area contributed by atoms with E-state index >= 15 is 0 Å². The average Bonchev–Trinajstić information content (AvgIpc) is 2.25. The van der Waals surface area contributed by atoms with Gasteiger partial charge < -0.3 is 9.84 Å². The van der Waals surface area contributed by atoms with Crippen LogP contribution in [0.25, 0.3) is 6.08 Å². The van der Waals surface area contributed by atoms with Crippen molar-refractivity contribution in [2.45, 2.75) is 0 Å². The molecule has 1 rings (SSSR count). The second-order valence-corrected chi connectivity index (χ2v) is 2.82. The van der Waals surface area contributed by atoms with Gasteiger partial charge in [-0.25, -0.2) is 9.18 Å². The lowest BCUT2D eigenvalue weighted by Crippen LogP contribution is -1.98. The normalized spacial score (nSPS) is 10.0. The summed E-state index contributed by atoms with van der Waals surface area (Å²) in [5.74, 6) is 0.464. The van der Waals surface area contributed by atoms with Crippen LogP contribution in [0.15, 0.2) is 24.3 Å². The highest BCUT2D eigenvalue weighted by molar-refractivity contribution is 5.85.